The average Bonchev–Trinajstić information content (AvgIpc) is 3.01. The Morgan fingerprint density at radius 3 is 2.76 bits per heavy atom. The van der Waals surface area contributed by atoms with Gasteiger partial charge >= 0.3 is 5.97 Å². The van der Waals surface area contributed by atoms with E-state index in [0.717, 1.165) is 5.69 Å². The second kappa shape index (κ2) is 4.62. The maximum absolute atomic E-state index is 11.9. The summed E-state index contributed by atoms with van der Waals surface area (Å²) in [4.78, 5) is 16.1. The van der Waals surface area contributed by atoms with Crippen LogP contribution in [-0.4, -0.2) is 28.3 Å². The Kier molecular flexibility index (Phi) is 3.01. The Balaban J connectivity index is 2.18. The smallest absolute Gasteiger partial charge is 0.358 e. The first kappa shape index (κ1) is 13.7. The molecule has 0 radical (unpaired) electrons. The van der Waals surface area contributed by atoms with Gasteiger partial charge < -0.3 is 4.74 Å². The number of benzene rings is 1. The maximum Gasteiger partial charge on any atom is 0.358 e. The molecule has 1 aliphatic rings. The largest absolute Gasteiger partial charge is 0.464 e. The highest BCUT2D eigenvalue weighted by Crippen LogP contribution is 2.47. The van der Waals surface area contributed by atoms with Gasteiger partial charge in [-0.2, -0.15) is 0 Å². The highest BCUT2D eigenvalue weighted by molar-refractivity contribution is 5.87. The number of hydrogen-bond acceptors (Lipinski definition) is 4. The van der Waals surface area contributed by atoms with E-state index < -0.39 is 0 Å². The van der Waals surface area contributed by atoms with Crippen LogP contribution in [0.2, 0.25) is 0 Å². The SMILES string of the molecule is COC(=O)c1cncn1N1c2ccccc2C(C)C1(C)C. The number of fused-ring (bicyclic) bond motifs is 1. The fourth-order valence-corrected chi connectivity index (χ4v) is 3.01. The minimum atomic E-state index is -0.389. The lowest BCUT2D eigenvalue weighted by Crippen LogP contribution is -2.47. The van der Waals surface area contributed by atoms with Gasteiger partial charge in [-0.3, -0.25) is 5.01 Å². The number of nitrogens with zero attached hydrogens (tertiary/aromatic N) is 3. The molecule has 0 N–H and O–H groups in total. The second-order valence-electron chi connectivity index (χ2n) is 5.86. The van der Waals surface area contributed by atoms with Gasteiger partial charge in [0, 0.05) is 5.92 Å². The molecule has 1 aliphatic heterocycles. The molecule has 2 heterocycles. The molecule has 1 atom stereocenters. The van der Waals surface area contributed by atoms with Gasteiger partial charge in [0.2, 0.25) is 0 Å². The van der Waals surface area contributed by atoms with Crippen molar-refractivity contribution in [3.05, 3.63) is 48.0 Å². The number of hydrogen-bond donors (Lipinski definition) is 0. The molecular weight excluding hydrogens is 266 g/mol. The first-order valence-electron chi connectivity index (χ1n) is 6.98. The molecule has 21 heavy (non-hydrogen) atoms. The van der Waals surface area contributed by atoms with Crippen molar-refractivity contribution in [2.75, 3.05) is 12.1 Å². The van der Waals surface area contributed by atoms with E-state index in [2.05, 4.69) is 42.9 Å². The minimum Gasteiger partial charge on any atom is -0.464 e. The Bertz CT molecular complexity index is 690. The van der Waals surface area contributed by atoms with Crippen LogP contribution in [0.15, 0.2) is 36.8 Å². The number of methoxy groups -OCH3 is 1. The van der Waals surface area contributed by atoms with Crippen molar-refractivity contribution in [2.24, 2.45) is 0 Å². The molecule has 0 saturated carbocycles. The highest BCUT2D eigenvalue weighted by atomic mass is 16.5. The number of imidazole rings is 1. The van der Waals surface area contributed by atoms with E-state index in [4.69, 9.17) is 4.74 Å². The van der Waals surface area contributed by atoms with Crippen LogP contribution in [0.1, 0.15) is 42.7 Å². The van der Waals surface area contributed by atoms with Crippen molar-refractivity contribution in [1.29, 1.82) is 0 Å². The summed E-state index contributed by atoms with van der Waals surface area (Å²) in [6.07, 6.45) is 3.19. The molecule has 0 fully saturated rings. The van der Waals surface area contributed by atoms with E-state index >= 15 is 0 Å². The van der Waals surface area contributed by atoms with Crippen LogP contribution in [0.25, 0.3) is 0 Å². The lowest BCUT2D eigenvalue weighted by molar-refractivity contribution is 0.0587. The average molecular weight is 285 g/mol. The topological polar surface area (TPSA) is 47.4 Å². The summed E-state index contributed by atoms with van der Waals surface area (Å²) in [7, 11) is 1.38. The fourth-order valence-electron chi connectivity index (χ4n) is 3.01. The van der Waals surface area contributed by atoms with Gasteiger partial charge in [-0.1, -0.05) is 25.1 Å². The number of esters is 1. The quantitative estimate of drug-likeness (QED) is 0.796. The molecule has 0 bridgehead atoms. The van der Waals surface area contributed by atoms with E-state index in [9.17, 15) is 4.79 Å². The van der Waals surface area contributed by atoms with E-state index in [0.29, 0.717) is 11.6 Å². The standard InChI is InChI=1S/C16H19N3O2/c1-11-12-7-5-6-8-13(12)19(16(11,2)3)18-10-17-9-14(18)15(20)21-4/h5-11H,1-4H3. The van der Waals surface area contributed by atoms with Gasteiger partial charge in [0.15, 0.2) is 5.69 Å². The van der Waals surface area contributed by atoms with Crippen LogP contribution in [-0.2, 0) is 4.74 Å². The van der Waals surface area contributed by atoms with Crippen molar-refractivity contribution in [3.63, 3.8) is 0 Å². The first-order valence-corrected chi connectivity index (χ1v) is 6.98. The molecular formula is C16H19N3O2. The summed E-state index contributed by atoms with van der Waals surface area (Å²) >= 11 is 0. The molecule has 1 aromatic carbocycles. The molecule has 1 unspecified atom stereocenters. The number of anilines is 1. The molecule has 1 aromatic heterocycles. The molecule has 2 aromatic rings. The first-order chi connectivity index (χ1) is 9.98. The third-order valence-electron chi connectivity index (χ3n) is 4.47. The van der Waals surface area contributed by atoms with E-state index in [1.165, 1.54) is 18.9 Å². The van der Waals surface area contributed by atoms with Crippen molar-refractivity contribution in [1.82, 2.24) is 9.66 Å². The number of carbonyl (C=O) groups excluding carboxylic acids is 1. The lowest BCUT2D eigenvalue weighted by atomic mass is 9.87. The highest BCUT2D eigenvalue weighted by Gasteiger charge is 2.44. The Morgan fingerprint density at radius 1 is 1.33 bits per heavy atom. The number of ether oxygens (including phenoxy) is 1. The summed E-state index contributed by atoms with van der Waals surface area (Å²) in [6, 6.07) is 8.26. The van der Waals surface area contributed by atoms with E-state index in [1.807, 2.05) is 12.1 Å². The van der Waals surface area contributed by atoms with Crippen LogP contribution in [0, 0.1) is 0 Å². The maximum atomic E-state index is 11.9. The Hall–Kier alpha value is -2.30. The van der Waals surface area contributed by atoms with Crippen molar-refractivity contribution < 1.29 is 9.53 Å². The zero-order chi connectivity index (χ0) is 15.2. The number of aromatic nitrogens is 2. The molecule has 5 nitrogen and oxygen atoms in total. The lowest BCUT2D eigenvalue weighted by Gasteiger charge is -2.37. The fraction of sp³-hybridized carbons (Fsp3) is 0.375. The zero-order valence-corrected chi connectivity index (χ0v) is 12.7. The zero-order valence-electron chi connectivity index (χ0n) is 12.7. The molecule has 0 saturated heterocycles. The predicted molar refractivity (Wildman–Crippen MR) is 80.4 cm³/mol. The van der Waals surface area contributed by atoms with Gasteiger partial charge in [0.25, 0.3) is 0 Å². The molecule has 0 amide bonds. The Morgan fingerprint density at radius 2 is 2.05 bits per heavy atom. The monoisotopic (exact) mass is 285 g/mol. The van der Waals surface area contributed by atoms with Crippen LogP contribution in [0.4, 0.5) is 5.69 Å². The van der Waals surface area contributed by atoms with Crippen LogP contribution < -0.4 is 5.01 Å². The summed E-state index contributed by atoms with van der Waals surface area (Å²) < 4.78 is 6.64. The van der Waals surface area contributed by atoms with E-state index in [-0.39, 0.29) is 11.5 Å². The van der Waals surface area contributed by atoms with Gasteiger partial charge in [0.1, 0.15) is 6.33 Å². The van der Waals surface area contributed by atoms with Gasteiger partial charge in [-0.25, -0.2) is 14.5 Å². The molecule has 3 rings (SSSR count). The van der Waals surface area contributed by atoms with Gasteiger partial charge in [-0.05, 0) is 25.5 Å². The van der Waals surface area contributed by atoms with Crippen molar-refractivity contribution in [3.8, 4) is 0 Å². The molecule has 110 valence electrons. The summed E-state index contributed by atoms with van der Waals surface area (Å²) in [6.45, 7) is 6.53. The van der Waals surface area contributed by atoms with Crippen LogP contribution >= 0.6 is 0 Å². The van der Waals surface area contributed by atoms with Gasteiger partial charge in [0.05, 0.1) is 24.5 Å². The summed E-state index contributed by atoms with van der Waals surface area (Å²) in [5.41, 5.74) is 2.62. The third kappa shape index (κ3) is 1.84. The molecule has 5 heteroatoms. The van der Waals surface area contributed by atoms with Crippen LogP contribution in [0.5, 0.6) is 0 Å². The molecule has 0 spiro atoms. The molecule has 0 aliphatic carbocycles. The number of carbonyl (C=O) groups is 1. The number of rotatable bonds is 2. The summed E-state index contributed by atoms with van der Waals surface area (Å²) in [5.74, 6) is -0.0538. The minimum absolute atomic E-state index is 0.173. The van der Waals surface area contributed by atoms with Gasteiger partial charge in [-0.15, -0.1) is 0 Å². The number of para-hydroxylation sites is 1. The Labute approximate surface area is 124 Å². The van der Waals surface area contributed by atoms with Crippen molar-refractivity contribution >= 4 is 11.7 Å². The normalized spacial score (nSPS) is 19.4. The van der Waals surface area contributed by atoms with Crippen molar-refractivity contribution in [2.45, 2.75) is 32.2 Å². The third-order valence-corrected chi connectivity index (χ3v) is 4.47. The second-order valence-corrected chi connectivity index (χ2v) is 5.86. The van der Waals surface area contributed by atoms with E-state index in [1.54, 1.807) is 11.0 Å². The predicted octanol–water partition coefficient (Wildman–Crippen LogP) is 2.84. The summed E-state index contributed by atoms with van der Waals surface area (Å²) in [5, 5.41) is 2.12. The van der Waals surface area contributed by atoms with Crippen LogP contribution in [0.3, 0.4) is 0 Å².